The van der Waals surface area contributed by atoms with Gasteiger partial charge < -0.3 is 14.0 Å². The Labute approximate surface area is 197 Å². The Balaban J connectivity index is 0.000000350. The number of hydrogen-bond donors (Lipinski definition) is 0. The van der Waals surface area contributed by atoms with Gasteiger partial charge in [0.1, 0.15) is 21.5 Å². The topological polar surface area (TPSA) is 110 Å². The van der Waals surface area contributed by atoms with Gasteiger partial charge in [-0.25, -0.2) is 16.8 Å². The van der Waals surface area contributed by atoms with Crippen LogP contribution in [0.3, 0.4) is 0 Å². The molecule has 0 N–H and O–H groups in total. The van der Waals surface area contributed by atoms with Gasteiger partial charge in [0.25, 0.3) is 0 Å². The minimum absolute atomic E-state index is 0.200. The summed E-state index contributed by atoms with van der Waals surface area (Å²) in [6.45, 7) is 0. The fraction of sp³-hybridized carbons (Fsp3) is 0.143. The maximum atomic E-state index is 12.2. The van der Waals surface area contributed by atoms with Crippen LogP contribution >= 0.6 is 0 Å². The average molecular weight is 535 g/mol. The van der Waals surface area contributed by atoms with Crippen LogP contribution in [-0.4, -0.2) is 40.3 Å². The van der Waals surface area contributed by atoms with Gasteiger partial charge in [-0.15, -0.1) is 0 Å². The molecule has 0 aromatic heterocycles. The molecule has 0 atom stereocenters. The number of hydrogen-bond acceptors (Lipinski definition) is 7. The zero-order chi connectivity index (χ0) is 25.3. The lowest BCUT2D eigenvalue weighted by molar-refractivity contribution is -0.0517. The standard InChI is InChI=1S/C20H17O4S2.CHF3O3S/c1-23-17-12-11-14(13-20(17)26(2,21)22)25-18-9-5-3-7-15(18)24-16-8-4-6-10-19(16)25;2-1(3,4)8(5,6)7/h3-13H,1-2H3;(H,5,6,7)/q+1;/p-1. The predicted octanol–water partition coefficient (Wildman–Crippen LogP) is 4.35. The maximum absolute atomic E-state index is 12.2. The third-order valence-electron chi connectivity index (χ3n) is 4.41. The summed E-state index contributed by atoms with van der Waals surface area (Å²) in [5.74, 6) is 1.95. The van der Waals surface area contributed by atoms with E-state index < -0.39 is 36.4 Å². The van der Waals surface area contributed by atoms with Gasteiger partial charge in [-0.3, -0.25) is 0 Å². The number of benzene rings is 3. The molecule has 1 heterocycles. The van der Waals surface area contributed by atoms with Crippen LogP contribution in [0.5, 0.6) is 17.2 Å². The van der Waals surface area contributed by atoms with Crippen LogP contribution in [0.15, 0.2) is 86.3 Å². The molecule has 7 nitrogen and oxygen atoms in total. The monoisotopic (exact) mass is 534 g/mol. The molecule has 182 valence electrons. The molecular formula is C21H17F3O7S3. The van der Waals surface area contributed by atoms with Crippen molar-refractivity contribution in [2.24, 2.45) is 0 Å². The predicted molar refractivity (Wildman–Crippen MR) is 117 cm³/mol. The highest BCUT2D eigenvalue weighted by atomic mass is 32.2. The van der Waals surface area contributed by atoms with E-state index in [2.05, 4.69) is 0 Å². The summed E-state index contributed by atoms with van der Waals surface area (Å²) in [6, 6.07) is 21.1. The van der Waals surface area contributed by atoms with E-state index in [0.29, 0.717) is 5.75 Å². The molecule has 3 aromatic rings. The first kappa shape index (κ1) is 25.9. The summed E-state index contributed by atoms with van der Waals surface area (Å²) in [7, 11) is -8.48. The van der Waals surface area contributed by atoms with Crippen molar-refractivity contribution in [3.05, 3.63) is 66.7 Å². The van der Waals surface area contributed by atoms with Crippen molar-refractivity contribution in [1.29, 1.82) is 0 Å². The van der Waals surface area contributed by atoms with Gasteiger partial charge in [0.05, 0.1) is 7.11 Å². The van der Waals surface area contributed by atoms with Crippen molar-refractivity contribution in [3.8, 4) is 17.2 Å². The molecule has 0 saturated carbocycles. The highest BCUT2D eigenvalue weighted by molar-refractivity contribution is 7.97. The highest BCUT2D eigenvalue weighted by Gasteiger charge is 2.40. The van der Waals surface area contributed by atoms with Crippen LogP contribution in [-0.2, 0) is 30.9 Å². The van der Waals surface area contributed by atoms with E-state index in [1.54, 1.807) is 12.1 Å². The van der Waals surface area contributed by atoms with Crippen molar-refractivity contribution in [1.82, 2.24) is 0 Å². The Bertz CT molecular complexity index is 1370. The fourth-order valence-electron chi connectivity index (χ4n) is 2.97. The van der Waals surface area contributed by atoms with Crippen molar-refractivity contribution in [2.45, 2.75) is 25.1 Å². The number of methoxy groups -OCH3 is 1. The lowest BCUT2D eigenvalue weighted by atomic mass is 10.3. The third-order valence-corrected chi connectivity index (χ3v) is 8.38. The lowest BCUT2D eigenvalue weighted by Gasteiger charge is -2.20. The van der Waals surface area contributed by atoms with Crippen LogP contribution in [0.4, 0.5) is 13.2 Å². The molecule has 0 aliphatic carbocycles. The van der Waals surface area contributed by atoms with Crippen LogP contribution < -0.4 is 9.47 Å². The number of rotatable bonds is 3. The third kappa shape index (κ3) is 5.49. The van der Waals surface area contributed by atoms with Crippen LogP contribution in [0, 0.1) is 0 Å². The Hall–Kier alpha value is -2.74. The minimum Gasteiger partial charge on any atom is -0.741 e. The molecule has 3 aromatic carbocycles. The largest absolute Gasteiger partial charge is 0.741 e. The quantitative estimate of drug-likeness (QED) is 0.218. The Kier molecular flexibility index (Phi) is 7.22. The minimum atomic E-state index is -6.09. The van der Waals surface area contributed by atoms with Gasteiger partial charge in [0, 0.05) is 12.3 Å². The van der Waals surface area contributed by atoms with Crippen molar-refractivity contribution < 1.29 is 44.0 Å². The molecule has 0 saturated heterocycles. The smallest absolute Gasteiger partial charge is 0.485 e. The molecule has 1 aliphatic rings. The zero-order valence-electron chi connectivity index (χ0n) is 17.6. The molecule has 1 aliphatic heterocycles. The van der Waals surface area contributed by atoms with Crippen LogP contribution in [0.1, 0.15) is 0 Å². The number of para-hydroxylation sites is 2. The summed E-state index contributed by atoms with van der Waals surface area (Å²) < 4.78 is 94.7. The van der Waals surface area contributed by atoms with E-state index in [1.807, 2.05) is 54.6 Å². The first-order chi connectivity index (χ1) is 15.7. The van der Waals surface area contributed by atoms with Gasteiger partial charge in [-0.05, 0) is 36.4 Å². The Morgan fingerprint density at radius 1 is 0.882 bits per heavy atom. The second kappa shape index (κ2) is 9.49. The van der Waals surface area contributed by atoms with Crippen molar-refractivity contribution in [2.75, 3.05) is 13.4 Å². The van der Waals surface area contributed by atoms with E-state index in [-0.39, 0.29) is 4.90 Å². The Morgan fingerprint density at radius 3 is 1.76 bits per heavy atom. The molecule has 0 spiro atoms. The second-order valence-corrected chi connectivity index (χ2v) is 12.1. The lowest BCUT2D eigenvalue weighted by Crippen LogP contribution is -2.21. The summed E-state index contributed by atoms with van der Waals surface area (Å²) in [5.41, 5.74) is -5.65. The molecule has 0 bridgehead atoms. The summed E-state index contributed by atoms with van der Waals surface area (Å²) in [6.07, 6.45) is 1.20. The zero-order valence-corrected chi connectivity index (χ0v) is 20.0. The average Bonchev–Trinajstić information content (AvgIpc) is 2.75. The molecule has 4 rings (SSSR count). The van der Waals surface area contributed by atoms with Gasteiger partial charge in [0.2, 0.25) is 9.79 Å². The fourth-order valence-corrected chi connectivity index (χ4v) is 6.14. The van der Waals surface area contributed by atoms with E-state index in [9.17, 15) is 21.6 Å². The molecule has 0 fully saturated rings. The molecule has 0 radical (unpaired) electrons. The number of sulfone groups is 1. The van der Waals surface area contributed by atoms with E-state index in [0.717, 1.165) is 26.2 Å². The number of alkyl halides is 3. The molecule has 0 unspecified atom stereocenters. The molecule has 0 amide bonds. The van der Waals surface area contributed by atoms with Gasteiger partial charge in [-0.2, -0.15) is 13.2 Å². The molecule has 13 heteroatoms. The maximum Gasteiger partial charge on any atom is 0.485 e. The SMILES string of the molecule is COc1ccc([S+]2c3ccccc3Oc3ccccc32)cc1S(C)(=O)=O.O=S(=O)([O-])C(F)(F)F. The second-order valence-electron chi connectivity index (χ2n) is 6.79. The van der Waals surface area contributed by atoms with Crippen molar-refractivity contribution in [3.63, 3.8) is 0 Å². The Morgan fingerprint density at radius 2 is 1.35 bits per heavy atom. The number of halogens is 3. The van der Waals surface area contributed by atoms with E-state index in [1.165, 1.54) is 13.4 Å². The van der Waals surface area contributed by atoms with E-state index >= 15 is 0 Å². The number of fused-ring (bicyclic) bond motifs is 2. The highest BCUT2D eigenvalue weighted by Crippen LogP contribution is 2.47. The normalized spacial score (nSPS) is 13.6. The van der Waals surface area contributed by atoms with E-state index in [4.69, 9.17) is 22.4 Å². The summed E-state index contributed by atoms with van der Waals surface area (Å²) in [4.78, 5) is 3.19. The molecule has 34 heavy (non-hydrogen) atoms. The first-order valence-corrected chi connectivity index (χ1v) is 13.8. The van der Waals surface area contributed by atoms with Gasteiger partial charge in [0.15, 0.2) is 36.3 Å². The van der Waals surface area contributed by atoms with Crippen molar-refractivity contribution >= 4 is 30.9 Å². The number of ether oxygens (including phenoxy) is 2. The first-order valence-electron chi connectivity index (χ1n) is 9.24. The van der Waals surface area contributed by atoms with Gasteiger partial charge >= 0.3 is 5.51 Å². The summed E-state index contributed by atoms with van der Waals surface area (Å²) >= 11 is 0. The van der Waals surface area contributed by atoms with Crippen LogP contribution in [0.2, 0.25) is 0 Å². The summed E-state index contributed by atoms with van der Waals surface area (Å²) in [5, 5.41) is 0. The van der Waals surface area contributed by atoms with Crippen LogP contribution in [0.25, 0.3) is 0 Å². The molecular weight excluding hydrogens is 517 g/mol. The van der Waals surface area contributed by atoms with Gasteiger partial charge in [-0.1, -0.05) is 24.3 Å².